The third kappa shape index (κ3) is 2.83. The zero-order valence-corrected chi connectivity index (χ0v) is 10.7. The van der Waals surface area contributed by atoms with Crippen LogP contribution in [0.5, 0.6) is 0 Å². The van der Waals surface area contributed by atoms with Gasteiger partial charge in [-0.25, -0.2) is 4.39 Å². The summed E-state index contributed by atoms with van der Waals surface area (Å²) in [5.74, 6) is 0.210. The molecule has 1 fully saturated rings. The second-order valence-corrected chi connectivity index (χ2v) is 5.24. The minimum atomic E-state index is -0.469. The molecule has 1 unspecified atom stereocenters. The van der Waals surface area contributed by atoms with Gasteiger partial charge in [0, 0.05) is 12.1 Å². The molecule has 2 nitrogen and oxygen atoms in total. The van der Waals surface area contributed by atoms with E-state index in [0.29, 0.717) is 17.6 Å². The summed E-state index contributed by atoms with van der Waals surface area (Å²) in [6.45, 7) is 2.15. The van der Waals surface area contributed by atoms with Crippen molar-refractivity contribution in [2.75, 3.05) is 11.1 Å². The van der Waals surface area contributed by atoms with Crippen molar-refractivity contribution in [2.45, 2.75) is 38.6 Å². The van der Waals surface area contributed by atoms with Crippen LogP contribution in [0.15, 0.2) is 12.1 Å². The Kier molecular flexibility index (Phi) is 3.77. The van der Waals surface area contributed by atoms with Gasteiger partial charge >= 0.3 is 0 Å². The average Bonchev–Trinajstić information content (AvgIpc) is 2.79. The van der Waals surface area contributed by atoms with Gasteiger partial charge in [0.1, 0.15) is 5.82 Å². The lowest BCUT2D eigenvalue weighted by atomic mass is 9.99. The summed E-state index contributed by atoms with van der Waals surface area (Å²) >= 11 is 5.76. The fraction of sp³-hybridized carbons (Fsp3) is 0.538. The Morgan fingerprint density at radius 1 is 1.41 bits per heavy atom. The Morgan fingerprint density at radius 3 is 2.71 bits per heavy atom. The molecule has 2 rings (SSSR count). The van der Waals surface area contributed by atoms with Crippen LogP contribution in [0.2, 0.25) is 5.02 Å². The van der Waals surface area contributed by atoms with Crippen molar-refractivity contribution >= 4 is 23.0 Å². The molecule has 0 radical (unpaired) electrons. The molecule has 0 amide bonds. The number of hydrogen-bond donors (Lipinski definition) is 2. The average molecular weight is 257 g/mol. The van der Waals surface area contributed by atoms with E-state index in [1.54, 1.807) is 6.07 Å². The molecule has 1 aliphatic carbocycles. The zero-order chi connectivity index (χ0) is 12.4. The number of nitrogens with two attached hydrogens (primary N) is 1. The molecule has 0 aliphatic heterocycles. The number of hydrogen-bond acceptors (Lipinski definition) is 2. The SMILES string of the molecule is CC(Nc1cc(Cl)c(F)cc1N)C1CCCC1. The highest BCUT2D eigenvalue weighted by Gasteiger charge is 2.22. The molecule has 1 atom stereocenters. The normalized spacial score (nSPS) is 18.3. The minimum absolute atomic E-state index is 0.111. The molecular formula is C13H18ClFN2. The lowest BCUT2D eigenvalue weighted by Crippen LogP contribution is -2.24. The van der Waals surface area contributed by atoms with Crippen molar-refractivity contribution in [2.24, 2.45) is 5.92 Å². The lowest BCUT2D eigenvalue weighted by molar-refractivity contribution is 0.482. The van der Waals surface area contributed by atoms with Crippen LogP contribution in [0, 0.1) is 11.7 Å². The first-order valence-corrected chi connectivity index (χ1v) is 6.47. The number of nitrogen functional groups attached to an aromatic ring is 1. The van der Waals surface area contributed by atoms with E-state index in [4.69, 9.17) is 17.3 Å². The van der Waals surface area contributed by atoms with Gasteiger partial charge in [0.05, 0.1) is 16.4 Å². The van der Waals surface area contributed by atoms with Gasteiger partial charge in [-0.1, -0.05) is 24.4 Å². The summed E-state index contributed by atoms with van der Waals surface area (Å²) in [7, 11) is 0. The summed E-state index contributed by atoms with van der Waals surface area (Å²) < 4.78 is 13.2. The highest BCUT2D eigenvalue weighted by atomic mass is 35.5. The number of anilines is 2. The molecule has 0 saturated heterocycles. The second-order valence-electron chi connectivity index (χ2n) is 4.83. The van der Waals surface area contributed by atoms with E-state index in [-0.39, 0.29) is 5.02 Å². The van der Waals surface area contributed by atoms with Crippen molar-refractivity contribution in [1.82, 2.24) is 0 Å². The smallest absolute Gasteiger partial charge is 0.143 e. The van der Waals surface area contributed by atoms with Crippen LogP contribution in [0.1, 0.15) is 32.6 Å². The molecule has 0 spiro atoms. The van der Waals surface area contributed by atoms with E-state index >= 15 is 0 Å². The first-order chi connectivity index (χ1) is 8.08. The van der Waals surface area contributed by atoms with Crippen LogP contribution in [0.3, 0.4) is 0 Å². The summed E-state index contributed by atoms with van der Waals surface area (Å²) in [4.78, 5) is 0. The van der Waals surface area contributed by atoms with Gasteiger partial charge in [0.2, 0.25) is 0 Å². The van der Waals surface area contributed by atoms with Crippen molar-refractivity contribution in [3.63, 3.8) is 0 Å². The fourth-order valence-electron chi connectivity index (χ4n) is 2.51. The molecule has 0 bridgehead atoms. The molecular weight excluding hydrogens is 239 g/mol. The first kappa shape index (κ1) is 12.5. The maximum atomic E-state index is 13.2. The van der Waals surface area contributed by atoms with Gasteiger partial charge in [-0.2, -0.15) is 0 Å². The third-order valence-electron chi connectivity index (χ3n) is 3.58. The van der Waals surface area contributed by atoms with E-state index in [2.05, 4.69) is 12.2 Å². The first-order valence-electron chi connectivity index (χ1n) is 6.09. The summed E-state index contributed by atoms with van der Waals surface area (Å²) in [6.07, 6.45) is 5.11. The second kappa shape index (κ2) is 5.13. The third-order valence-corrected chi connectivity index (χ3v) is 3.87. The fourth-order valence-corrected chi connectivity index (χ4v) is 2.67. The molecule has 94 valence electrons. The molecule has 1 aromatic rings. The van der Waals surface area contributed by atoms with Crippen molar-refractivity contribution in [1.29, 1.82) is 0 Å². The number of nitrogens with one attached hydrogen (secondary N) is 1. The van der Waals surface area contributed by atoms with Crippen LogP contribution >= 0.6 is 11.6 Å². The zero-order valence-electron chi connectivity index (χ0n) is 9.97. The maximum absolute atomic E-state index is 13.2. The van der Waals surface area contributed by atoms with E-state index in [1.807, 2.05) is 0 Å². The molecule has 0 aromatic heterocycles. The van der Waals surface area contributed by atoms with Crippen LogP contribution in [-0.4, -0.2) is 6.04 Å². The number of halogens is 2. The number of rotatable bonds is 3. The van der Waals surface area contributed by atoms with Gasteiger partial charge in [0.25, 0.3) is 0 Å². The highest BCUT2D eigenvalue weighted by molar-refractivity contribution is 6.31. The van der Waals surface area contributed by atoms with Crippen LogP contribution in [0.25, 0.3) is 0 Å². The van der Waals surface area contributed by atoms with Gasteiger partial charge in [-0.3, -0.25) is 0 Å². The Balaban J connectivity index is 2.09. The Bertz CT molecular complexity index is 403. The molecule has 0 heterocycles. The van der Waals surface area contributed by atoms with Gasteiger partial charge < -0.3 is 11.1 Å². The van der Waals surface area contributed by atoms with Crippen LogP contribution in [-0.2, 0) is 0 Å². The van der Waals surface area contributed by atoms with Crippen molar-refractivity contribution in [3.8, 4) is 0 Å². The van der Waals surface area contributed by atoms with E-state index in [9.17, 15) is 4.39 Å². The standard InChI is InChI=1S/C13H18ClFN2/c1-8(9-4-2-3-5-9)17-13-6-10(14)11(15)7-12(13)16/h6-9,17H,2-5,16H2,1H3. The highest BCUT2D eigenvalue weighted by Crippen LogP contribution is 2.32. The Labute approximate surface area is 106 Å². The predicted molar refractivity (Wildman–Crippen MR) is 70.9 cm³/mol. The molecule has 1 aliphatic rings. The minimum Gasteiger partial charge on any atom is -0.397 e. The molecule has 3 N–H and O–H groups in total. The molecule has 4 heteroatoms. The van der Waals surface area contributed by atoms with Gasteiger partial charge in [-0.15, -0.1) is 0 Å². The monoisotopic (exact) mass is 256 g/mol. The topological polar surface area (TPSA) is 38.0 Å². The van der Waals surface area contributed by atoms with Crippen LogP contribution in [0.4, 0.5) is 15.8 Å². The molecule has 17 heavy (non-hydrogen) atoms. The maximum Gasteiger partial charge on any atom is 0.143 e. The van der Waals surface area contributed by atoms with Gasteiger partial charge in [0.15, 0.2) is 0 Å². The Hall–Kier alpha value is -0.960. The van der Waals surface area contributed by atoms with Crippen LogP contribution < -0.4 is 11.1 Å². The summed E-state index contributed by atoms with van der Waals surface area (Å²) in [6, 6.07) is 3.19. The molecule has 1 saturated carbocycles. The van der Waals surface area contributed by atoms with E-state index in [1.165, 1.54) is 31.7 Å². The predicted octanol–water partition coefficient (Wildman–Crippen LogP) is 4.05. The van der Waals surface area contributed by atoms with Crippen molar-refractivity contribution < 1.29 is 4.39 Å². The summed E-state index contributed by atoms with van der Waals surface area (Å²) in [5.41, 5.74) is 6.92. The lowest BCUT2D eigenvalue weighted by Gasteiger charge is -2.22. The van der Waals surface area contributed by atoms with Crippen molar-refractivity contribution in [3.05, 3.63) is 23.0 Å². The molecule has 1 aromatic carbocycles. The van der Waals surface area contributed by atoms with Gasteiger partial charge in [-0.05, 0) is 31.7 Å². The Morgan fingerprint density at radius 2 is 2.06 bits per heavy atom. The van der Waals surface area contributed by atoms with E-state index < -0.39 is 5.82 Å². The summed E-state index contributed by atoms with van der Waals surface area (Å²) in [5, 5.41) is 3.46. The number of benzene rings is 1. The quantitative estimate of drug-likeness (QED) is 0.801. The van der Waals surface area contributed by atoms with E-state index in [0.717, 1.165) is 5.69 Å². The largest absolute Gasteiger partial charge is 0.397 e.